The molecule has 0 saturated carbocycles. The predicted molar refractivity (Wildman–Crippen MR) is 97.7 cm³/mol. The van der Waals surface area contributed by atoms with Crippen LogP contribution in [0.4, 0.5) is 0 Å². The van der Waals surface area contributed by atoms with Crippen LogP contribution in [0.2, 0.25) is 16.7 Å². The van der Waals surface area contributed by atoms with Crippen LogP contribution in [0.5, 0.6) is 0 Å². The Kier molecular flexibility index (Phi) is 5.95. The normalized spacial score (nSPS) is 20.8. The molecule has 120 valence electrons. The van der Waals surface area contributed by atoms with Crippen LogP contribution in [-0.2, 0) is 21.9 Å². The SMILES string of the molecule is C[Si](C)=[Zr+][CH](C1C=Cc2ccccc21)C1C=Cc2ccccc21.[Br-]. The van der Waals surface area contributed by atoms with Gasteiger partial charge in [0.25, 0.3) is 0 Å². The fourth-order valence-corrected chi connectivity index (χ4v) is 13.9. The Labute approximate surface area is 166 Å². The van der Waals surface area contributed by atoms with Gasteiger partial charge in [-0.15, -0.1) is 0 Å². The van der Waals surface area contributed by atoms with E-state index in [0.717, 1.165) is 3.63 Å². The Balaban J connectivity index is 0.00000169. The van der Waals surface area contributed by atoms with E-state index in [2.05, 4.69) is 85.9 Å². The van der Waals surface area contributed by atoms with Crippen LogP contribution in [0.15, 0.2) is 60.7 Å². The minimum atomic E-state index is -0.400. The first-order valence-corrected chi connectivity index (χ1v) is 16.0. The summed E-state index contributed by atoms with van der Waals surface area (Å²) in [5, 5.41) is 0. The molecule has 2 aromatic carbocycles. The van der Waals surface area contributed by atoms with Crippen molar-refractivity contribution in [2.45, 2.75) is 28.6 Å². The molecule has 2 unspecified atom stereocenters. The van der Waals surface area contributed by atoms with Gasteiger partial charge < -0.3 is 17.0 Å². The van der Waals surface area contributed by atoms with Crippen molar-refractivity contribution in [1.29, 1.82) is 0 Å². The predicted octanol–water partition coefficient (Wildman–Crippen LogP) is 2.73. The maximum Gasteiger partial charge on any atom is -1.00 e. The largest absolute Gasteiger partial charge is 1.00 e. The van der Waals surface area contributed by atoms with Crippen LogP contribution in [0, 0.1) is 0 Å². The van der Waals surface area contributed by atoms with E-state index >= 15 is 0 Å². The molecular formula is C21H21BrSiZr. The fraction of sp³-hybridized carbons (Fsp3) is 0.238. The minimum absolute atomic E-state index is 0. The molecule has 0 aliphatic heterocycles. The summed E-state index contributed by atoms with van der Waals surface area (Å²) in [6, 6.07) is 18.0. The molecule has 0 bridgehead atoms. The maximum absolute atomic E-state index is 2.53. The standard InChI is InChI=1S/C19H15.C2H6Si.BrH.Zr/c1-3-7-18-14(5-1)9-11-16(18)13-17-12-10-15-6-2-4-8-19(15)17;1-3-2;;/h1-13,16-17H;1-2H3;1H;/q;;;+1/p-1. The topological polar surface area (TPSA) is 0 Å². The summed E-state index contributed by atoms with van der Waals surface area (Å²) in [6.45, 7) is 5.05. The molecule has 0 saturated heterocycles. The quantitative estimate of drug-likeness (QED) is 0.603. The van der Waals surface area contributed by atoms with Crippen molar-refractivity contribution in [3.05, 3.63) is 82.9 Å². The summed E-state index contributed by atoms with van der Waals surface area (Å²) >= 11 is -0.400. The molecule has 0 heterocycles. The van der Waals surface area contributed by atoms with Gasteiger partial charge in [0, 0.05) is 0 Å². The molecule has 0 nitrogen and oxygen atoms in total. The van der Waals surface area contributed by atoms with E-state index in [1.165, 1.54) is 11.1 Å². The minimum Gasteiger partial charge on any atom is -1.00 e. The zero-order valence-electron chi connectivity index (χ0n) is 14.0. The second-order valence-electron chi connectivity index (χ2n) is 6.70. The summed E-state index contributed by atoms with van der Waals surface area (Å²) in [5.41, 5.74) is 5.92. The van der Waals surface area contributed by atoms with Crippen molar-refractivity contribution in [1.82, 2.24) is 0 Å². The first kappa shape index (κ1) is 18.3. The van der Waals surface area contributed by atoms with Crippen LogP contribution >= 0.6 is 0 Å². The van der Waals surface area contributed by atoms with E-state index in [1.54, 1.807) is 11.1 Å². The van der Waals surface area contributed by atoms with E-state index in [9.17, 15) is 0 Å². The number of hydrogen-bond acceptors (Lipinski definition) is 0. The van der Waals surface area contributed by atoms with Crippen molar-refractivity contribution < 1.29 is 38.8 Å². The zero-order chi connectivity index (χ0) is 15.8. The molecule has 0 N–H and O–H groups in total. The summed E-state index contributed by atoms with van der Waals surface area (Å²) in [6.07, 6.45) is 9.70. The van der Waals surface area contributed by atoms with Crippen LogP contribution < -0.4 is 17.0 Å². The Morgan fingerprint density at radius 1 is 0.792 bits per heavy atom. The van der Waals surface area contributed by atoms with Crippen LogP contribution in [0.25, 0.3) is 12.2 Å². The molecule has 2 aliphatic carbocycles. The Morgan fingerprint density at radius 2 is 1.25 bits per heavy atom. The first-order valence-electron chi connectivity index (χ1n) is 8.35. The smallest absolute Gasteiger partial charge is 1.00 e. The molecule has 0 amide bonds. The Hall–Kier alpha value is -0.500. The van der Waals surface area contributed by atoms with Crippen molar-refractivity contribution in [2.75, 3.05) is 0 Å². The monoisotopic (exact) mass is 470 g/mol. The number of rotatable bonds is 3. The van der Waals surface area contributed by atoms with E-state index in [4.69, 9.17) is 0 Å². The molecule has 24 heavy (non-hydrogen) atoms. The summed E-state index contributed by atoms with van der Waals surface area (Å²) in [4.78, 5) is 0. The fourth-order valence-electron chi connectivity index (χ4n) is 3.92. The number of hydrogen-bond donors (Lipinski definition) is 0. The molecule has 0 radical (unpaired) electrons. The molecule has 2 atom stereocenters. The van der Waals surface area contributed by atoms with E-state index in [1.807, 2.05) is 0 Å². The van der Waals surface area contributed by atoms with Crippen LogP contribution in [0.1, 0.15) is 34.1 Å². The van der Waals surface area contributed by atoms with E-state index in [0.29, 0.717) is 11.8 Å². The molecule has 4 rings (SSSR count). The van der Waals surface area contributed by atoms with Gasteiger partial charge in [-0.05, 0) is 0 Å². The molecule has 0 aromatic heterocycles. The van der Waals surface area contributed by atoms with Crippen molar-refractivity contribution in [3.63, 3.8) is 0 Å². The Bertz CT molecular complexity index is 772. The van der Waals surface area contributed by atoms with Gasteiger partial charge in [-0.3, -0.25) is 0 Å². The van der Waals surface area contributed by atoms with Crippen LogP contribution in [0.3, 0.4) is 0 Å². The van der Waals surface area contributed by atoms with Gasteiger partial charge >= 0.3 is 151 Å². The molecule has 2 aliphatic rings. The average molecular weight is 473 g/mol. The third-order valence-electron chi connectivity index (χ3n) is 4.91. The van der Waals surface area contributed by atoms with Crippen molar-refractivity contribution in [2.24, 2.45) is 0 Å². The molecular weight excluding hydrogens is 451 g/mol. The van der Waals surface area contributed by atoms with Gasteiger partial charge in [-0.2, -0.15) is 0 Å². The second-order valence-corrected chi connectivity index (χ2v) is 20.1. The number of halogens is 1. The van der Waals surface area contributed by atoms with Gasteiger partial charge in [0.1, 0.15) is 0 Å². The third kappa shape index (κ3) is 3.41. The van der Waals surface area contributed by atoms with E-state index in [-0.39, 0.29) is 22.4 Å². The van der Waals surface area contributed by atoms with Crippen molar-refractivity contribution >= 4 is 17.6 Å². The zero-order valence-corrected chi connectivity index (χ0v) is 19.1. The molecule has 3 heteroatoms. The van der Waals surface area contributed by atoms with Crippen molar-refractivity contribution in [3.8, 4) is 0 Å². The average Bonchev–Trinajstić information content (AvgIpc) is 3.17. The first-order chi connectivity index (χ1) is 11.2. The summed E-state index contributed by atoms with van der Waals surface area (Å²) < 4.78 is 0.849. The molecule has 2 aromatic rings. The Morgan fingerprint density at radius 3 is 1.71 bits per heavy atom. The summed E-state index contributed by atoms with van der Waals surface area (Å²) in [7, 11) is 0. The number of benzene rings is 2. The molecule has 0 fully saturated rings. The van der Waals surface area contributed by atoms with Crippen LogP contribution in [-0.4, -0.2) is 5.43 Å². The van der Waals surface area contributed by atoms with Gasteiger partial charge in [-0.1, -0.05) is 0 Å². The third-order valence-corrected chi connectivity index (χ3v) is 14.3. The molecule has 0 spiro atoms. The number of fused-ring (bicyclic) bond motifs is 2. The van der Waals surface area contributed by atoms with Gasteiger partial charge in [0.05, 0.1) is 0 Å². The number of allylic oxidation sites excluding steroid dienone is 2. The second kappa shape index (κ2) is 7.81. The maximum atomic E-state index is 2.53. The van der Waals surface area contributed by atoms with Gasteiger partial charge in [0.15, 0.2) is 0 Å². The van der Waals surface area contributed by atoms with E-state index < -0.39 is 21.9 Å². The van der Waals surface area contributed by atoms with Gasteiger partial charge in [0.2, 0.25) is 0 Å². The van der Waals surface area contributed by atoms with Gasteiger partial charge in [-0.25, -0.2) is 0 Å². The summed E-state index contributed by atoms with van der Waals surface area (Å²) in [5.74, 6) is 1.28.